The van der Waals surface area contributed by atoms with Crippen molar-refractivity contribution in [2.24, 2.45) is 0 Å². The van der Waals surface area contributed by atoms with E-state index in [0.29, 0.717) is 0 Å². The van der Waals surface area contributed by atoms with Crippen molar-refractivity contribution in [2.75, 3.05) is 13.2 Å². The Morgan fingerprint density at radius 3 is 2.05 bits per heavy atom. The van der Waals surface area contributed by atoms with E-state index < -0.39 is 68.5 Å². The van der Waals surface area contributed by atoms with Gasteiger partial charge in [0.25, 0.3) is 0 Å². The van der Waals surface area contributed by atoms with Crippen LogP contribution in [0.2, 0.25) is 0 Å². The van der Waals surface area contributed by atoms with Crippen LogP contribution in [0.25, 0.3) is 0 Å². The average Bonchev–Trinajstić information content (AvgIpc) is 2.51. The molecule has 0 saturated carbocycles. The van der Waals surface area contributed by atoms with Crippen LogP contribution in [0.15, 0.2) is 0 Å². The predicted molar refractivity (Wildman–Crippen MR) is 67.2 cm³/mol. The van der Waals surface area contributed by atoms with Crippen LogP contribution in [0, 0.1) is 0 Å². The molecular weight excluding hydrogens is 304 g/mol. The van der Waals surface area contributed by atoms with Crippen LogP contribution in [-0.4, -0.2) is 104 Å². The van der Waals surface area contributed by atoms with Crippen LogP contribution in [0.4, 0.5) is 0 Å². The van der Waals surface area contributed by atoms with Gasteiger partial charge < -0.3 is 50.0 Å². The normalized spacial score (nSPS) is 50.0. The Bertz CT molecular complexity index is 353. The molecule has 9 atom stereocenters. The summed E-state index contributed by atoms with van der Waals surface area (Å²) in [6.45, 7) is -1.11. The van der Waals surface area contributed by atoms with Crippen molar-refractivity contribution in [3.8, 4) is 0 Å². The lowest BCUT2D eigenvalue weighted by molar-refractivity contribution is -0.338. The maximum absolute atomic E-state index is 9.87. The number of ether oxygens (including phenoxy) is 3. The molecule has 22 heavy (non-hydrogen) atoms. The Kier molecular flexibility index (Phi) is 6.07. The van der Waals surface area contributed by atoms with E-state index in [0.717, 1.165) is 0 Å². The number of aliphatic hydroxyl groups is 7. The van der Waals surface area contributed by atoms with Crippen LogP contribution < -0.4 is 0 Å². The quantitative estimate of drug-likeness (QED) is 0.268. The van der Waals surface area contributed by atoms with Gasteiger partial charge in [-0.1, -0.05) is 0 Å². The van der Waals surface area contributed by atoms with Gasteiger partial charge in [0.2, 0.25) is 0 Å². The van der Waals surface area contributed by atoms with Gasteiger partial charge in [-0.15, -0.1) is 0 Å². The average molecular weight is 326 g/mol. The lowest BCUT2D eigenvalue weighted by Gasteiger charge is -2.43. The van der Waals surface area contributed by atoms with Gasteiger partial charge in [-0.2, -0.15) is 0 Å². The summed E-state index contributed by atoms with van der Waals surface area (Å²) in [6.07, 6.45) is -11.9. The number of hydrogen-bond acceptors (Lipinski definition) is 10. The molecular formula is C12H22O10. The summed E-state index contributed by atoms with van der Waals surface area (Å²) in [6, 6.07) is 0. The topological polar surface area (TPSA) is 169 Å². The van der Waals surface area contributed by atoms with E-state index >= 15 is 0 Å². The molecule has 0 spiro atoms. The first-order valence-corrected chi connectivity index (χ1v) is 6.97. The molecule has 2 heterocycles. The van der Waals surface area contributed by atoms with Crippen molar-refractivity contribution in [2.45, 2.75) is 61.7 Å². The minimum absolute atomic E-state index is 0.0958. The second-order valence-corrected chi connectivity index (χ2v) is 5.42. The Balaban J connectivity index is 2.04. The molecule has 2 fully saturated rings. The molecule has 2 aliphatic heterocycles. The van der Waals surface area contributed by atoms with Gasteiger partial charge >= 0.3 is 0 Å². The molecule has 0 amide bonds. The van der Waals surface area contributed by atoms with Crippen molar-refractivity contribution in [1.29, 1.82) is 0 Å². The smallest absolute Gasteiger partial charge is 0.187 e. The van der Waals surface area contributed by atoms with Crippen LogP contribution in [0.3, 0.4) is 0 Å². The highest BCUT2D eigenvalue weighted by Crippen LogP contribution is 2.28. The monoisotopic (exact) mass is 326 g/mol. The summed E-state index contributed by atoms with van der Waals surface area (Å²) >= 11 is 0. The van der Waals surface area contributed by atoms with E-state index in [1.165, 1.54) is 0 Å². The molecule has 2 saturated heterocycles. The highest BCUT2D eigenvalue weighted by atomic mass is 16.7. The predicted octanol–water partition coefficient (Wildman–Crippen LogP) is -4.37. The summed E-state index contributed by atoms with van der Waals surface area (Å²) < 4.78 is 15.6. The summed E-state index contributed by atoms with van der Waals surface area (Å²) in [5, 5.41) is 66.5. The molecule has 2 aliphatic rings. The fourth-order valence-electron chi connectivity index (χ4n) is 2.52. The second kappa shape index (κ2) is 7.45. The van der Waals surface area contributed by atoms with Gasteiger partial charge in [0.15, 0.2) is 12.6 Å². The molecule has 10 nitrogen and oxygen atoms in total. The number of rotatable bonds is 4. The Morgan fingerprint density at radius 1 is 0.818 bits per heavy atom. The molecule has 2 rings (SSSR count). The van der Waals surface area contributed by atoms with E-state index in [1.54, 1.807) is 0 Å². The first-order chi connectivity index (χ1) is 10.4. The van der Waals surface area contributed by atoms with Crippen molar-refractivity contribution < 1.29 is 50.0 Å². The molecule has 130 valence electrons. The summed E-state index contributed by atoms with van der Waals surface area (Å²) in [5.74, 6) is 0. The van der Waals surface area contributed by atoms with Crippen molar-refractivity contribution in [3.63, 3.8) is 0 Å². The second-order valence-electron chi connectivity index (χ2n) is 5.42. The fraction of sp³-hybridized carbons (Fsp3) is 1.00. The zero-order valence-electron chi connectivity index (χ0n) is 11.7. The van der Waals surface area contributed by atoms with Gasteiger partial charge in [-0.25, -0.2) is 0 Å². The molecule has 10 heteroatoms. The van der Waals surface area contributed by atoms with E-state index in [1.807, 2.05) is 0 Å². The number of hydrogen-bond donors (Lipinski definition) is 7. The van der Waals surface area contributed by atoms with Gasteiger partial charge in [0.05, 0.1) is 19.3 Å². The third-order valence-corrected chi connectivity index (χ3v) is 3.87. The molecule has 0 unspecified atom stereocenters. The molecule has 0 aromatic carbocycles. The maximum atomic E-state index is 9.87. The zero-order valence-corrected chi connectivity index (χ0v) is 11.7. The molecule has 0 aromatic heterocycles. The SMILES string of the molecule is OC[C@H]1O[C@H](O[C@H]2C[C@@H](O)[C@H](O)O[C@@H]2CO)[C@H](O)[C@@H](O)[C@@H]1O. The van der Waals surface area contributed by atoms with Gasteiger partial charge in [-0.3, -0.25) is 0 Å². The Morgan fingerprint density at radius 2 is 1.45 bits per heavy atom. The molecule has 7 N–H and O–H groups in total. The number of aliphatic hydroxyl groups excluding tert-OH is 7. The minimum atomic E-state index is -1.60. The molecule has 0 radical (unpaired) electrons. The van der Waals surface area contributed by atoms with Gasteiger partial charge in [-0.05, 0) is 0 Å². The first kappa shape index (κ1) is 17.9. The maximum Gasteiger partial charge on any atom is 0.187 e. The van der Waals surface area contributed by atoms with Gasteiger partial charge in [0.1, 0.15) is 36.6 Å². The van der Waals surface area contributed by atoms with Gasteiger partial charge in [0, 0.05) is 6.42 Å². The molecule has 0 aliphatic carbocycles. The fourth-order valence-corrected chi connectivity index (χ4v) is 2.52. The standard InChI is InChI=1S/C12H22O10/c13-2-6-5(1-4(15)11(19)20-6)21-12-10(18)9(17)8(16)7(3-14)22-12/h4-19H,1-3H2/t4-,5+,6-,7-,8-,9+,10-,11-,12+/m1/s1. The van der Waals surface area contributed by atoms with E-state index in [2.05, 4.69) is 0 Å². The lowest BCUT2D eigenvalue weighted by Crippen LogP contribution is -2.61. The minimum Gasteiger partial charge on any atom is -0.394 e. The molecule has 0 aromatic rings. The summed E-state index contributed by atoms with van der Waals surface area (Å²) in [5.41, 5.74) is 0. The highest BCUT2D eigenvalue weighted by Gasteiger charge is 2.47. The van der Waals surface area contributed by atoms with Crippen LogP contribution in [0.1, 0.15) is 6.42 Å². The van der Waals surface area contributed by atoms with E-state index in [-0.39, 0.29) is 6.42 Å². The molecule has 0 bridgehead atoms. The zero-order chi connectivity index (χ0) is 16.4. The van der Waals surface area contributed by atoms with Crippen molar-refractivity contribution in [1.82, 2.24) is 0 Å². The van der Waals surface area contributed by atoms with Crippen molar-refractivity contribution >= 4 is 0 Å². The van der Waals surface area contributed by atoms with Crippen LogP contribution in [0.5, 0.6) is 0 Å². The summed E-state index contributed by atoms with van der Waals surface area (Å²) in [7, 11) is 0. The lowest BCUT2D eigenvalue weighted by atomic mass is 9.98. The van der Waals surface area contributed by atoms with Crippen LogP contribution in [-0.2, 0) is 14.2 Å². The largest absolute Gasteiger partial charge is 0.394 e. The van der Waals surface area contributed by atoms with Crippen molar-refractivity contribution in [3.05, 3.63) is 0 Å². The first-order valence-electron chi connectivity index (χ1n) is 6.97. The van der Waals surface area contributed by atoms with E-state index in [4.69, 9.17) is 19.3 Å². The summed E-state index contributed by atoms with van der Waals surface area (Å²) in [4.78, 5) is 0. The Labute approximate surface area is 126 Å². The van der Waals surface area contributed by atoms with Crippen LogP contribution >= 0.6 is 0 Å². The van der Waals surface area contributed by atoms with E-state index in [9.17, 15) is 30.6 Å². The third kappa shape index (κ3) is 3.57. The highest BCUT2D eigenvalue weighted by molar-refractivity contribution is 4.90. The Hall–Kier alpha value is -0.400. The third-order valence-electron chi connectivity index (χ3n) is 3.87.